The molecule has 27 heavy (non-hydrogen) atoms. The van der Waals surface area contributed by atoms with E-state index in [1.165, 1.54) is 42.5 Å². The first-order valence-corrected chi connectivity index (χ1v) is 9.51. The van der Waals surface area contributed by atoms with Gasteiger partial charge in [-0.3, -0.25) is 9.59 Å². The Morgan fingerprint density at radius 1 is 0.926 bits per heavy atom. The summed E-state index contributed by atoms with van der Waals surface area (Å²) in [5.41, 5.74) is 0.424. The van der Waals surface area contributed by atoms with Crippen molar-refractivity contribution in [3.05, 3.63) is 54.1 Å². The number of halogens is 2. The summed E-state index contributed by atoms with van der Waals surface area (Å²) in [6.45, 7) is 3.48. The first-order valence-electron chi connectivity index (χ1n) is 7.96. The van der Waals surface area contributed by atoms with E-state index in [4.69, 9.17) is 0 Å². The number of carbonyl (C=O) groups excluding carboxylic acids is 2. The second kappa shape index (κ2) is 8.26. The summed E-state index contributed by atoms with van der Waals surface area (Å²) in [4.78, 5) is 23.3. The van der Waals surface area contributed by atoms with E-state index in [0.29, 0.717) is 5.69 Å². The van der Waals surface area contributed by atoms with Crippen molar-refractivity contribution in [1.29, 1.82) is 0 Å². The summed E-state index contributed by atoms with van der Waals surface area (Å²) in [5, 5.41) is 4.99. The van der Waals surface area contributed by atoms with Crippen LogP contribution in [0.15, 0.2) is 53.4 Å². The van der Waals surface area contributed by atoms with Gasteiger partial charge in [0.2, 0.25) is 15.7 Å². The number of carbonyl (C=O) groups is 2. The van der Waals surface area contributed by atoms with E-state index in [0.717, 1.165) is 6.07 Å². The number of hydrogen-bond donors (Lipinski definition) is 2. The molecule has 0 heterocycles. The Hall–Kier alpha value is -2.81. The van der Waals surface area contributed by atoms with Crippen molar-refractivity contribution in [3.8, 4) is 0 Å². The molecule has 2 N–H and O–H groups in total. The fourth-order valence-electron chi connectivity index (χ4n) is 2.10. The van der Waals surface area contributed by atoms with Crippen LogP contribution in [0.25, 0.3) is 0 Å². The number of para-hydroxylation sites is 1. The van der Waals surface area contributed by atoms with Crippen LogP contribution >= 0.6 is 0 Å². The van der Waals surface area contributed by atoms with Gasteiger partial charge < -0.3 is 10.6 Å². The van der Waals surface area contributed by atoms with Crippen LogP contribution < -0.4 is 10.6 Å². The number of hydrogen-bond acceptors (Lipinski definition) is 4. The highest BCUT2D eigenvalue weighted by Crippen LogP contribution is 2.26. The summed E-state index contributed by atoms with van der Waals surface area (Å²) in [6.07, 6.45) is 0. The van der Waals surface area contributed by atoms with Crippen molar-refractivity contribution < 1.29 is 26.8 Å². The van der Waals surface area contributed by atoms with Gasteiger partial charge in [0.25, 0.3) is 5.91 Å². The zero-order chi connectivity index (χ0) is 20.2. The molecule has 0 radical (unpaired) electrons. The van der Waals surface area contributed by atoms with Crippen LogP contribution in [-0.4, -0.2) is 26.0 Å². The second-order valence-corrected chi connectivity index (χ2v) is 7.86. The Morgan fingerprint density at radius 2 is 1.52 bits per heavy atom. The normalized spacial score (nSPS) is 11.5. The van der Waals surface area contributed by atoms with E-state index in [2.05, 4.69) is 10.6 Å². The van der Waals surface area contributed by atoms with Gasteiger partial charge in [0, 0.05) is 17.2 Å². The van der Waals surface area contributed by atoms with Crippen molar-refractivity contribution in [2.45, 2.75) is 24.5 Å². The lowest BCUT2D eigenvalue weighted by Crippen LogP contribution is -2.19. The van der Waals surface area contributed by atoms with Crippen LogP contribution in [0.4, 0.5) is 20.2 Å². The van der Waals surface area contributed by atoms with Gasteiger partial charge in [0.05, 0.1) is 10.6 Å². The van der Waals surface area contributed by atoms with Crippen LogP contribution in [0.5, 0.6) is 0 Å². The maximum Gasteiger partial charge on any atom is 0.341 e. The number of benzene rings is 2. The van der Waals surface area contributed by atoms with Gasteiger partial charge in [0.1, 0.15) is 0 Å². The number of rotatable bonds is 6. The quantitative estimate of drug-likeness (QED) is 0.781. The van der Waals surface area contributed by atoms with E-state index in [-0.39, 0.29) is 23.1 Å². The van der Waals surface area contributed by atoms with Crippen LogP contribution in [-0.2, 0) is 14.6 Å². The van der Waals surface area contributed by atoms with Gasteiger partial charge in [-0.05, 0) is 36.4 Å². The molecule has 0 fully saturated rings. The van der Waals surface area contributed by atoms with Gasteiger partial charge in [-0.1, -0.05) is 26.0 Å². The molecular formula is C18H18F2N2O4S. The predicted octanol–water partition coefficient (Wildman–Crippen LogP) is 3.53. The molecular weight excluding hydrogens is 378 g/mol. The first-order chi connectivity index (χ1) is 12.6. The Labute approximate surface area is 155 Å². The van der Waals surface area contributed by atoms with Crippen molar-refractivity contribution >= 4 is 33.0 Å². The Morgan fingerprint density at radius 3 is 2.07 bits per heavy atom. The van der Waals surface area contributed by atoms with Crippen LogP contribution in [0.2, 0.25) is 0 Å². The van der Waals surface area contributed by atoms with Crippen molar-refractivity contribution in [2.75, 3.05) is 10.6 Å². The molecule has 0 atom stereocenters. The van der Waals surface area contributed by atoms with Gasteiger partial charge in [-0.2, -0.15) is 8.78 Å². The SMILES string of the molecule is CC(C)C(=O)Nc1ccc(C(=O)Nc2ccccc2S(=O)(=O)C(F)F)cc1. The molecule has 2 aromatic rings. The van der Waals surface area contributed by atoms with Gasteiger partial charge in [0.15, 0.2) is 0 Å². The summed E-state index contributed by atoms with van der Waals surface area (Å²) in [7, 11) is -4.86. The average Bonchev–Trinajstić information content (AvgIpc) is 2.62. The molecule has 0 spiro atoms. The molecule has 0 saturated heterocycles. The molecule has 2 amide bonds. The zero-order valence-electron chi connectivity index (χ0n) is 14.6. The fraction of sp³-hybridized carbons (Fsp3) is 0.222. The molecule has 0 aromatic heterocycles. The maximum absolute atomic E-state index is 12.8. The fourth-order valence-corrected chi connectivity index (χ4v) is 2.99. The molecule has 0 aliphatic carbocycles. The third kappa shape index (κ3) is 4.88. The second-order valence-electron chi connectivity index (χ2n) is 5.98. The van der Waals surface area contributed by atoms with E-state index >= 15 is 0 Å². The van der Waals surface area contributed by atoms with Gasteiger partial charge in [-0.15, -0.1) is 0 Å². The maximum atomic E-state index is 12.8. The van der Waals surface area contributed by atoms with Crippen LogP contribution in [0, 0.1) is 5.92 Å². The number of sulfone groups is 1. The van der Waals surface area contributed by atoms with Gasteiger partial charge in [-0.25, -0.2) is 8.42 Å². The van der Waals surface area contributed by atoms with E-state index in [1.807, 2.05) is 0 Å². The molecule has 0 bridgehead atoms. The third-order valence-corrected chi connectivity index (χ3v) is 5.05. The molecule has 0 aliphatic rings. The molecule has 0 saturated carbocycles. The number of nitrogens with one attached hydrogen (secondary N) is 2. The lowest BCUT2D eigenvalue weighted by atomic mass is 10.1. The van der Waals surface area contributed by atoms with E-state index < -0.39 is 26.4 Å². The number of amides is 2. The minimum Gasteiger partial charge on any atom is -0.326 e. The molecule has 0 unspecified atom stereocenters. The Bertz CT molecular complexity index is 942. The third-order valence-electron chi connectivity index (χ3n) is 3.62. The zero-order valence-corrected chi connectivity index (χ0v) is 15.4. The first kappa shape index (κ1) is 20.5. The predicted molar refractivity (Wildman–Crippen MR) is 97.5 cm³/mol. The van der Waals surface area contributed by atoms with Gasteiger partial charge >= 0.3 is 5.76 Å². The Kier molecular flexibility index (Phi) is 6.27. The largest absolute Gasteiger partial charge is 0.341 e. The van der Waals surface area contributed by atoms with Crippen molar-refractivity contribution in [2.24, 2.45) is 5.92 Å². The smallest absolute Gasteiger partial charge is 0.326 e. The highest BCUT2D eigenvalue weighted by atomic mass is 32.2. The van der Waals surface area contributed by atoms with E-state index in [1.54, 1.807) is 13.8 Å². The highest BCUT2D eigenvalue weighted by Gasteiger charge is 2.29. The minimum absolute atomic E-state index is 0.168. The molecule has 144 valence electrons. The summed E-state index contributed by atoms with van der Waals surface area (Å²) in [6, 6.07) is 10.8. The minimum atomic E-state index is -4.86. The summed E-state index contributed by atoms with van der Waals surface area (Å²) in [5.74, 6) is -4.66. The molecule has 0 aliphatic heterocycles. The van der Waals surface area contributed by atoms with Crippen molar-refractivity contribution in [1.82, 2.24) is 0 Å². The molecule has 6 nitrogen and oxygen atoms in total. The number of alkyl halides is 2. The highest BCUT2D eigenvalue weighted by molar-refractivity contribution is 7.91. The standard InChI is InChI=1S/C18H18F2N2O4S/c1-11(2)16(23)21-13-9-7-12(8-10-13)17(24)22-14-5-3-4-6-15(14)27(25,26)18(19)20/h3-11,18H,1-2H3,(H,21,23)(H,22,24). The molecule has 9 heteroatoms. The van der Waals surface area contributed by atoms with Crippen LogP contribution in [0.1, 0.15) is 24.2 Å². The number of anilines is 2. The monoisotopic (exact) mass is 396 g/mol. The average molecular weight is 396 g/mol. The lowest BCUT2D eigenvalue weighted by Gasteiger charge is -2.12. The topological polar surface area (TPSA) is 92.3 Å². The summed E-state index contributed by atoms with van der Waals surface area (Å²) < 4.78 is 49.1. The molecule has 2 rings (SSSR count). The Balaban J connectivity index is 2.20. The van der Waals surface area contributed by atoms with Crippen molar-refractivity contribution in [3.63, 3.8) is 0 Å². The van der Waals surface area contributed by atoms with E-state index in [9.17, 15) is 26.8 Å². The molecule has 2 aromatic carbocycles. The van der Waals surface area contributed by atoms with Crippen LogP contribution in [0.3, 0.4) is 0 Å². The summed E-state index contributed by atoms with van der Waals surface area (Å²) >= 11 is 0. The lowest BCUT2D eigenvalue weighted by molar-refractivity contribution is -0.118.